The molecule has 0 unspecified atom stereocenters. The molecule has 0 spiro atoms. The van der Waals surface area contributed by atoms with Crippen LogP contribution in [0.2, 0.25) is 0 Å². The number of sulfonamides is 1. The van der Waals surface area contributed by atoms with Crippen molar-refractivity contribution in [3.63, 3.8) is 0 Å². The van der Waals surface area contributed by atoms with Gasteiger partial charge in [-0.15, -0.1) is 0 Å². The summed E-state index contributed by atoms with van der Waals surface area (Å²) in [5.74, 6) is -2.07. The quantitative estimate of drug-likeness (QED) is 0.222. The van der Waals surface area contributed by atoms with Gasteiger partial charge in [-0.1, -0.05) is 24.3 Å². The van der Waals surface area contributed by atoms with Crippen molar-refractivity contribution in [3.8, 4) is 5.75 Å². The Hall–Kier alpha value is -4.26. The van der Waals surface area contributed by atoms with Crippen molar-refractivity contribution < 1.29 is 31.8 Å². The number of ether oxygens (including phenoxy) is 1. The van der Waals surface area contributed by atoms with Crippen LogP contribution in [0, 0.1) is 10.8 Å². The van der Waals surface area contributed by atoms with Crippen LogP contribution >= 0.6 is 0 Å². The largest absolute Gasteiger partial charge is 0.490 e. The zero-order chi connectivity index (χ0) is 29.2. The molecule has 1 fully saturated rings. The number of piperidine rings is 1. The fourth-order valence-electron chi connectivity index (χ4n) is 4.48. The van der Waals surface area contributed by atoms with Crippen LogP contribution in [0.1, 0.15) is 30.9 Å². The summed E-state index contributed by atoms with van der Waals surface area (Å²) in [6, 6.07) is 15.2. The maximum Gasteiger partial charge on any atom is 0.459 e. The molecule has 0 atom stereocenters. The standard InChI is InChI=1S/C27H29F2N5O5S/c1-17(30)33-12-10-24(11-13-33)39-23-8-6-22(7-9-23)34(40(37,38)27(28,29)26(35)36)16-18-2-3-19-4-5-20(25(31)32)15-21(19)14-18/h2-9,14-15,24,30H,10-13,16H2,1H3,(H3,31,32)(H,35,36). The number of nitrogen functional groups attached to an aromatic ring is 1. The molecule has 1 aliphatic heterocycles. The van der Waals surface area contributed by atoms with E-state index < -0.39 is 27.8 Å². The average molecular weight is 574 g/mol. The minimum Gasteiger partial charge on any atom is -0.490 e. The molecule has 212 valence electrons. The lowest BCUT2D eigenvalue weighted by molar-refractivity contribution is -0.153. The number of amidine groups is 2. The third-order valence-electron chi connectivity index (χ3n) is 6.75. The fourth-order valence-corrected chi connectivity index (χ4v) is 5.70. The molecular weight excluding hydrogens is 544 g/mol. The number of rotatable bonds is 9. The topological polar surface area (TPSA) is 161 Å². The van der Waals surface area contributed by atoms with Gasteiger partial charge in [0.25, 0.3) is 0 Å². The van der Waals surface area contributed by atoms with Gasteiger partial charge in [-0.05, 0) is 59.7 Å². The number of halogens is 2. The first-order chi connectivity index (χ1) is 18.8. The third kappa shape index (κ3) is 5.83. The van der Waals surface area contributed by atoms with E-state index in [9.17, 15) is 22.0 Å². The molecular formula is C27H29F2N5O5S. The third-order valence-corrected chi connectivity index (χ3v) is 8.49. The zero-order valence-corrected chi connectivity index (χ0v) is 22.4. The van der Waals surface area contributed by atoms with Gasteiger partial charge < -0.3 is 20.5 Å². The lowest BCUT2D eigenvalue weighted by Crippen LogP contribution is -2.47. The molecule has 1 saturated heterocycles. The first kappa shape index (κ1) is 28.7. The number of hydrogen-bond donors (Lipinski definition) is 4. The fraction of sp³-hybridized carbons (Fsp3) is 0.296. The second-order valence-corrected chi connectivity index (χ2v) is 11.4. The maximum atomic E-state index is 14.5. The number of fused-ring (bicyclic) bond motifs is 1. The van der Waals surface area contributed by atoms with Gasteiger partial charge in [-0.25, -0.2) is 4.79 Å². The Morgan fingerprint density at radius 3 is 2.27 bits per heavy atom. The van der Waals surface area contributed by atoms with Gasteiger partial charge in [0.1, 0.15) is 17.7 Å². The van der Waals surface area contributed by atoms with Crippen LogP contribution < -0.4 is 14.8 Å². The highest BCUT2D eigenvalue weighted by atomic mass is 32.2. The number of nitrogens with zero attached hydrogens (tertiary/aromatic N) is 2. The predicted octanol–water partition coefficient (Wildman–Crippen LogP) is 3.98. The van der Waals surface area contributed by atoms with Crippen LogP contribution in [0.15, 0.2) is 60.7 Å². The van der Waals surface area contributed by atoms with Crippen LogP contribution in [-0.2, 0) is 21.4 Å². The van der Waals surface area contributed by atoms with Crippen molar-refractivity contribution in [1.29, 1.82) is 10.8 Å². The summed E-state index contributed by atoms with van der Waals surface area (Å²) in [5, 5.41) is 20.7. The highest BCUT2D eigenvalue weighted by molar-refractivity contribution is 7.94. The maximum absolute atomic E-state index is 14.5. The van der Waals surface area contributed by atoms with Gasteiger partial charge in [0.15, 0.2) is 0 Å². The Bertz CT molecular complexity index is 1560. The van der Waals surface area contributed by atoms with Crippen LogP contribution in [0.4, 0.5) is 14.5 Å². The van der Waals surface area contributed by atoms with E-state index >= 15 is 0 Å². The Labute approximate surface area is 230 Å². The molecule has 0 aliphatic carbocycles. The summed E-state index contributed by atoms with van der Waals surface area (Å²) in [6.07, 6.45) is 1.22. The van der Waals surface area contributed by atoms with E-state index in [2.05, 4.69) is 0 Å². The summed E-state index contributed by atoms with van der Waals surface area (Å²) in [7, 11) is -5.70. The monoisotopic (exact) mass is 573 g/mol. The van der Waals surface area contributed by atoms with Crippen LogP contribution in [0.3, 0.4) is 0 Å². The minimum absolute atomic E-state index is 0.130. The molecule has 40 heavy (non-hydrogen) atoms. The molecule has 1 aliphatic rings. The molecule has 3 aromatic carbocycles. The summed E-state index contributed by atoms with van der Waals surface area (Å²) in [4.78, 5) is 13.2. The minimum atomic E-state index is -5.70. The zero-order valence-electron chi connectivity index (χ0n) is 21.6. The molecule has 0 aromatic heterocycles. The summed E-state index contributed by atoms with van der Waals surface area (Å²) >= 11 is 0. The van der Waals surface area contributed by atoms with E-state index in [4.69, 9.17) is 26.4 Å². The molecule has 13 heteroatoms. The summed E-state index contributed by atoms with van der Waals surface area (Å²) in [5.41, 5.74) is 6.13. The van der Waals surface area contributed by atoms with Crippen molar-refractivity contribution in [2.24, 2.45) is 5.73 Å². The van der Waals surface area contributed by atoms with E-state index in [-0.39, 0.29) is 17.6 Å². The Morgan fingerprint density at radius 1 is 1.07 bits per heavy atom. The van der Waals surface area contributed by atoms with E-state index in [0.717, 1.165) is 5.39 Å². The van der Waals surface area contributed by atoms with Crippen molar-refractivity contribution >= 4 is 44.1 Å². The number of anilines is 1. The molecule has 3 aromatic rings. The second kappa shape index (κ2) is 11.1. The molecule has 0 saturated carbocycles. The lowest BCUT2D eigenvalue weighted by Gasteiger charge is -2.33. The molecule has 0 radical (unpaired) electrons. The number of nitrogens with two attached hydrogens (primary N) is 1. The molecule has 4 rings (SSSR count). The number of hydrogen-bond acceptors (Lipinski definition) is 6. The van der Waals surface area contributed by atoms with Crippen LogP contribution in [0.25, 0.3) is 10.8 Å². The number of alkyl halides is 2. The first-order valence-corrected chi connectivity index (χ1v) is 13.8. The van der Waals surface area contributed by atoms with Gasteiger partial charge in [0, 0.05) is 31.5 Å². The second-order valence-electron chi connectivity index (χ2n) is 9.53. The van der Waals surface area contributed by atoms with Crippen molar-refractivity contribution in [2.75, 3.05) is 17.4 Å². The predicted molar refractivity (Wildman–Crippen MR) is 148 cm³/mol. The van der Waals surface area contributed by atoms with E-state index in [1.54, 1.807) is 43.3 Å². The lowest BCUT2D eigenvalue weighted by atomic mass is 10.0. The number of carbonyl (C=O) groups is 1. The average Bonchev–Trinajstić information content (AvgIpc) is 2.91. The molecule has 1 heterocycles. The number of benzene rings is 3. The van der Waals surface area contributed by atoms with E-state index in [1.165, 1.54) is 24.3 Å². The Kier molecular flexibility index (Phi) is 7.96. The molecule has 0 amide bonds. The van der Waals surface area contributed by atoms with Gasteiger partial charge in [0.05, 0.1) is 18.1 Å². The van der Waals surface area contributed by atoms with E-state index in [0.29, 0.717) is 58.3 Å². The van der Waals surface area contributed by atoms with Gasteiger partial charge >= 0.3 is 21.2 Å². The highest BCUT2D eigenvalue weighted by Crippen LogP contribution is 2.33. The van der Waals surface area contributed by atoms with Crippen molar-refractivity contribution in [1.82, 2.24) is 4.90 Å². The Morgan fingerprint density at radius 2 is 1.70 bits per heavy atom. The van der Waals surface area contributed by atoms with E-state index in [1.807, 2.05) is 4.90 Å². The van der Waals surface area contributed by atoms with Gasteiger partial charge in [0.2, 0.25) is 0 Å². The number of likely N-dealkylation sites (tertiary alicyclic amines) is 1. The summed E-state index contributed by atoms with van der Waals surface area (Å²) < 4.78 is 61.4. The van der Waals surface area contributed by atoms with Crippen molar-refractivity contribution in [3.05, 3.63) is 71.8 Å². The summed E-state index contributed by atoms with van der Waals surface area (Å²) in [6.45, 7) is 2.46. The highest BCUT2D eigenvalue weighted by Gasteiger charge is 2.56. The van der Waals surface area contributed by atoms with Crippen LogP contribution in [-0.4, -0.2) is 60.5 Å². The number of carboxylic acid groups (broad SMARTS) is 1. The van der Waals surface area contributed by atoms with Gasteiger partial charge in [-0.3, -0.25) is 15.1 Å². The normalized spacial score (nSPS) is 14.6. The molecule has 10 nitrogen and oxygen atoms in total. The first-order valence-electron chi connectivity index (χ1n) is 12.4. The molecule has 0 bridgehead atoms. The number of nitrogens with one attached hydrogen (secondary N) is 2. The number of aliphatic carboxylic acids is 1. The molecule has 5 N–H and O–H groups in total. The van der Waals surface area contributed by atoms with Gasteiger partial charge in [-0.2, -0.15) is 17.2 Å². The number of carboxylic acids is 1. The van der Waals surface area contributed by atoms with Crippen molar-refractivity contribution in [2.45, 2.75) is 37.7 Å². The van der Waals surface area contributed by atoms with Crippen LogP contribution in [0.5, 0.6) is 5.75 Å². The SMILES string of the molecule is CC(=N)N1CCC(Oc2ccc(N(Cc3ccc4ccc(C(=N)N)cc4c3)S(=O)(=O)C(F)(F)C(=O)O)cc2)CC1. The Balaban J connectivity index is 1.64. The smallest absolute Gasteiger partial charge is 0.459 e.